The van der Waals surface area contributed by atoms with E-state index in [2.05, 4.69) is 11.2 Å². The van der Waals surface area contributed by atoms with E-state index in [9.17, 15) is 10.1 Å². The molecule has 32 heavy (non-hydrogen) atoms. The highest BCUT2D eigenvalue weighted by atomic mass is 35.5. The molecule has 0 aliphatic heterocycles. The van der Waals surface area contributed by atoms with Gasteiger partial charge < -0.3 is 14.8 Å². The molecule has 0 spiro atoms. The van der Waals surface area contributed by atoms with E-state index in [1.54, 1.807) is 54.6 Å². The van der Waals surface area contributed by atoms with Crippen molar-refractivity contribution in [3.63, 3.8) is 0 Å². The predicted octanol–water partition coefficient (Wildman–Crippen LogP) is 5.48. The minimum Gasteiger partial charge on any atom is -0.489 e. The van der Waals surface area contributed by atoms with Crippen LogP contribution >= 0.6 is 11.6 Å². The third-order valence-corrected chi connectivity index (χ3v) is 4.73. The van der Waals surface area contributed by atoms with E-state index in [-0.39, 0.29) is 12.2 Å². The fraction of sp³-hybridized carbons (Fsp3) is 0.0769. The monoisotopic (exact) mass is 442 g/mol. The summed E-state index contributed by atoms with van der Waals surface area (Å²) >= 11 is 6.13. The molecule has 0 bridgehead atoms. The Bertz CT molecular complexity index is 1200. The van der Waals surface area contributed by atoms with Crippen LogP contribution in [0, 0.1) is 23.7 Å². The minimum atomic E-state index is -0.538. The molecule has 0 fully saturated rings. The highest BCUT2D eigenvalue weighted by molar-refractivity contribution is 6.31. The van der Waals surface area contributed by atoms with Crippen LogP contribution < -0.4 is 14.8 Å². The first-order valence-electron chi connectivity index (χ1n) is 9.65. The lowest BCUT2D eigenvalue weighted by Crippen LogP contribution is -2.13. The van der Waals surface area contributed by atoms with Gasteiger partial charge in [-0.15, -0.1) is 6.42 Å². The second kappa shape index (κ2) is 11.3. The lowest BCUT2D eigenvalue weighted by Gasteiger charge is -2.10. The van der Waals surface area contributed by atoms with Crippen LogP contribution in [0.25, 0.3) is 6.08 Å². The topological polar surface area (TPSA) is 71.3 Å². The zero-order valence-electron chi connectivity index (χ0n) is 17.0. The number of nitrogens with one attached hydrogen (secondary N) is 1. The number of hydrogen-bond acceptors (Lipinski definition) is 4. The summed E-state index contributed by atoms with van der Waals surface area (Å²) < 4.78 is 11.2. The zero-order valence-corrected chi connectivity index (χ0v) is 17.8. The molecule has 0 unspecified atom stereocenters. The number of para-hydroxylation sites is 1. The predicted molar refractivity (Wildman–Crippen MR) is 125 cm³/mol. The number of anilines is 1. The Hall–Kier alpha value is -4.19. The maximum Gasteiger partial charge on any atom is 0.266 e. The SMILES string of the molecule is C#CCOc1ccccc1/C=C(\C#N)C(=O)Nc1ccc(OCc2ccccc2Cl)cc1. The Labute approximate surface area is 191 Å². The van der Waals surface area contributed by atoms with E-state index in [1.165, 1.54) is 6.08 Å². The summed E-state index contributed by atoms with van der Waals surface area (Å²) in [6.07, 6.45) is 6.69. The van der Waals surface area contributed by atoms with E-state index in [0.29, 0.717) is 34.4 Å². The standard InChI is InChI=1S/C26H19ClN2O3/c1-2-15-31-25-10-6-4-7-19(25)16-21(17-28)26(30)29-22-11-13-23(14-12-22)32-18-20-8-3-5-9-24(20)27/h1,3-14,16H,15,18H2,(H,29,30)/b21-16+. The van der Waals surface area contributed by atoms with Crippen molar-refractivity contribution in [2.45, 2.75) is 6.61 Å². The molecule has 0 radical (unpaired) electrons. The van der Waals surface area contributed by atoms with E-state index in [4.69, 9.17) is 27.5 Å². The summed E-state index contributed by atoms with van der Waals surface area (Å²) in [4.78, 5) is 12.6. The first-order chi connectivity index (χ1) is 15.6. The van der Waals surface area contributed by atoms with Gasteiger partial charge in [0.2, 0.25) is 0 Å². The van der Waals surface area contributed by atoms with Crippen molar-refractivity contribution >= 4 is 29.3 Å². The van der Waals surface area contributed by atoms with E-state index >= 15 is 0 Å². The van der Waals surface area contributed by atoms with Gasteiger partial charge in [0.15, 0.2) is 0 Å². The molecule has 3 aromatic carbocycles. The quantitative estimate of drug-likeness (QED) is 0.285. The number of ether oxygens (including phenoxy) is 2. The van der Waals surface area contributed by atoms with Crippen LogP contribution in [0.15, 0.2) is 78.4 Å². The maximum absolute atomic E-state index is 12.6. The first-order valence-corrected chi connectivity index (χ1v) is 10.0. The van der Waals surface area contributed by atoms with Crippen LogP contribution in [-0.4, -0.2) is 12.5 Å². The molecular weight excluding hydrogens is 424 g/mol. The van der Waals surface area contributed by atoms with Gasteiger partial charge in [-0.2, -0.15) is 5.26 Å². The summed E-state index contributed by atoms with van der Waals surface area (Å²) in [6.45, 7) is 0.414. The van der Waals surface area contributed by atoms with Crippen LogP contribution in [0.2, 0.25) is 5.02 Å². The highest BCUT2D eigenvalue weighted by Crippen LogP contribution is 2.23. The zero-order chi connectivity index (χ0) is 22.8. The molecule has 0 aromatic heterocycles. The Balaban J connectivity index is 1.66. The Morgan fingerprint density at radius 3 is 2.47 bits per heavy atom. The number of amides is 1. The average molecular weight is 443 g/mol. The molecule has 1 N–H and O–H groups in total. The van der Waals surface area contributed by atoms with Gasteiger partial charge in [-0.05, 0) is 42.5 Å². The molecule has 0 atom stereocenters. The van der Waals surface area contributed by atoms with Crippen LogP contribution in [-0.2, 0) is 11.4 Å². The van der Waals surface area contributed by atoms with Crippen molar-refractivity contribution in [2.75, 3.05) is 11.9 Å². The second-order valence-corrected chi connectivity index (χ2v) is 6.97. The third kappa shape index (κ3) is 6.15. The molecule has 0 aliphatic rings. The van der Waals surface area contributed by atoms with Crippen molar-refractivity contribution in [3.8, 4) is 29.9 Å². The number of nitriles is 1. The number of terminal acetylenes is 1. The van der Waals surface area contributed by atoms with Crippen LogP contribution in [0.3, 0.4) is 0 Å². The van der Waals surface area contributed by atoms with Crippen molar-refractivity contribution in [1.82, 2.24) is 0 Å². The molecule has 3 rings (SSSR count). The van der Waals surface area contributed by atoms with Gasteiger partial charge in [0.25, 0.3) is 5.91 Å². The van der Waals surface area contributed by atoms with Crippen molar-refractivity contribution in [1.29, 1.82) is 5.26 Å². The van der Waals surface area contributed by atoms with Crippen molar-refractivity contribution in [2.24, 2.45) is 0 Å². The summed E-state index contributed by atoms with van der Waals surface area (Å²) in [5.74, 6) is 2.96. The highest BCUT2D eigenvalue weighted by Gasteiger charge is 2.11. The summed E-state index contributed by atoms with van der Waals surface area (Å²) in [6, 6.07) is 23.2. The first kappa shape index (κ1) is 22.5. The molecule has 0 heterocycles. The normalized spacial score (nSPS) is 10.5. The van der Waals surface area contributed by atoms with Crippen molar-refractivity contribution < 1.29 is 14.3 Å². The molecule has 1 amide bonds. The molecular formula is C26H19ClN2O3. The molecule has 6 heteroatoms. The summed E-state index contributed by atoms with van der Waals surface area (Å²) in [5.41, 5.74) is 1.92. The minimum absolute atomic E-state index is 0.0687. The second-order valence-electron chi connectivity index (χ2n) is 6.56. The van der Waals surface area contributed by atoms with Crippen LogP contribution in [0.4, 0.5) is 5.69 Å². The number of nitrogens with zero attached hydrogens (tertiary/aromatic N) is 1. The molecule has 0 saturated heterocycles. The average Bonchev–Trinajstić information content (AvgIpc) is 2.82. The number of halogens is 1. The number of benzene rings is 3. The van der Waals surface area contributed by atoms with Gasteiger partial charge in [0.1, 0.15) is 36.4 Å². The molecule has 158 valence electrons. The summed E-state index contributed by atoms with van der Waals surface area (Å²) in [5, 5.41) is 12.8. The molecule has 0 aliphatic carbocycles. The number of carbonyl (C=O) groups is 1. The van der Waals surface area contributed by atoms with Gasteiger partial charge in [0.05, 0.1) is 0 Å². The van der Waals surface area contributed by atoms with Gasteiger partial charge >= 0.3 is 0 Å². The Morgan fingerprint density at radius 1 is 1.03 bits per heavy atom. The van der Waals surface area contributed by atoms with Gasteiger partial charge in [-0.3, -0.25) is 4.79 Å². The van der Waals surface area contributed by atoms with E-state index < -0.39 is 5.91 Å². The summed E-state index contributed by atoms with van der Waals surface area (Å²) in [7, 11) is 0. The largest absolute Gasteiger partial charge is 0.489 e. The lowest BCUT2D eigenvalue weighted by molar-refractivity contribution is -0.112. The van der Waals surface area contributed by atoms with Gasteiger partial charge in [-0.25, -0.2) is 0 Å². The van der Waals surface area contributed by atoms with Gasteiger partial charge in [-0.1, -0.05) is 53.9 Å². The van der Waals surface area contributed by atoms with Crippen LogP contribution in [0.5, 0.6) is 11.5 Å². The molecule has 0 saturated carbocycles. The number of carbonyl (C=O) groups excluding carboxylic acids is 1. The third-order valence-electron chi connectivity index (χ3n) is 4.36. The molecule has 3 aromatic rings. The Kier molecular flexibility index (Phi) is 7.92. The lowest BCUT2D eigenvalue weighted by atomic mass is 10.1. The number of hydrogen-bond donors (Lipinski definition) is 1. The number of rotatable bonds is 8. The smallest absolute Gasteiger partial charge is 0.266 e. The van der Waals surface area contributed by atoms with Gasteiger partial charge in [0, 0.05) is 21.8 Å². The van der Waals surface area contributed by atoms with E-state index in [1.807, 2.05) is 24.3 Å². The van der Waals surface area contributed by atoms with Crippen LogP contribution in [0.1, 0.15) is 11.1 Å². The fourth-order valence-electron chi connectivity index (χ4n) is 2.76. The fourth-order valence-corrected chi connectivity index (χ4v) is 2.95. The maximum atomic E-state index is 12.6. The molecule has 5 nitrogen and oxygen atoms in total. The Morgan fingerprint density at radius 2 is 1.75 bits per heavy atom. The van der Waals surface area contributed by atoms with E-state index in [0.717, 1.165) is 5.56 Å². The van der Waals surface area contributed by atoms with Crippen molar-refractivity contribution in [3.05, 3.63) is 94.5 Å².